The van der Waals surface area contributed by atoms with Gasteiger partial charge in [0.1, 0.15) is 24.0 Å². The standard InChI is InChI=1S/C27H21FN4O2S2/c1-16-24-25(18-8-12-20(13-9-18)34-14-17-6-10-19(28)11-7-17)35-15-23(33)30-26(24)32(31-16)27-29-21-4-2-3-5-22(21)36-27/h2-13,25H,14-15H2,1H3,(H,30,33). The Morgan fingerprint density at radius 2 is 1.86 bits per heavy atom. The highest BCUT2D eigenvalue weighted by atomic mass is 32.2. The predicted octanol–water partition coefficient (Wildman–Crippen LogP) is 6.28. The van der Waals surface area contributed by atoms with Crippen LogP contribution in [0.3, 0.4) is 0 Å². The Morgan fingerprint density at radius 3 is 2.64 bits per heavy atom. The monoisotopic (exact) mass is 516 g/mol. The number of nitrogens with one attached hydrogen (secondary N) is 1. The fraction of sp³-hybridized carbons (Fsp3) is 0.148. The number of thioether (sulfide) groups is 1. The number of hydrogen-bond acceptors (Lipinski definition) is 6. The van der Waals surface area contributed by atoms with Gasteiger partial charge in [-0.15, -0.1) is 11.8 Å². The van der Waals surface area contributed by atoms with Crippen LogP contribution in [0.2, 0.25) is 0 Å². The average molecular weight is 517 g/mol. The van der Waals surface area contributed by atoms with Gasteiger partial charge in [0, 0.05) is 5.56 Å². The first-order valence-corrected chi connectivity index (χ1v) is 13.3. The number of nitrogens with zero attached hydrogens (tertiary/aromatic N) is 3. The highest BCUT2D eigenvalue weighted by Crippen LogP contribution is 2.44. The minimum absolute atomic E-state index is 0.0646. The smallest absolute Gasteiger partial charge is 0.235 e. The third kappa shape index (κ3) is 4.36. The van der Waals surface area contributed by atoms with E-state index in [9.17, 15) is 9.18 Å². The Kier molecular flexibility index (Phi) is 5.94. The number of carbonyl (C=O) groups excluding carboxylic acids is 1. The van der Waals surface area contributed by atoms with Crippen molar-refractivity contribution in [1.82, 2.24) is 14.8 Å². The molecule has 1 amide bonds. The van der Waals surface area contributed by atoms with E-state index in [-0.39, 0.29) is 17.0 Å². The maximum absolute atomic E-state index is 13.1. The number of ether oxygens (including phenoxy) is 1. The summed E-state index contributed by atoms with van der Waals surface area (Å²) in [5.41, 5.74) is 4.68. The number of thiazole rings is 1. The van der Waals surface area contributed by atoms with Crippen LogP contribution >= 0.6 is 23.1 Å². The summed E-state index contributed by atoms with van der Waals surface area (Å²) >= 11 is 3.12. The number of anilines is 1. The summed E-state index contributed by atoms with van der Waals surface area (Å²) < 4.78 is 21.8. The van der Waals surface area contributed by atoms with Crippen molar-refractivity contribution in [2.45, 2.75) is 18.8 Å². The molecule has 0 fully saturated rings. The number of aryl methyl sites for hydroxylation is 1. The third-order valence-electron chi connectivity index (χ3n) is 5.97. The van der Waals surface area contributed by atoms with Crippen LogP contribution in [0.25, 0.3) is 15.3 Å². The van der Waals surface area contributed by atoms with Gasteiger partial charge in [-0.2, -0.15) is 9.78 Å². The van der Waals surface area contributed by atoms with E-state index in [0.29, 0.717) is 18.2 Å². The Bertz CT molecular complexity index is 1530. The summed E-state index contributed by atoms with van der Waals surface area (Å²) in [4.78, 5) is 17.4. The second-order valence-electron chi connectivity index (χ2n) is 8.45. The molecule has 36 heavy (non-hydrogen) atoms. The fourth-order valence-electron chi connectivity index (χ4n) is 4.22. The zero-order valence-corrected chi connectivity index (χ0v) is 20.9. The molecule has 0 radical (unpaired) electrons. The lowest BCUT2D eigenvalue weighted by Crippen LogP contribution is -2.15. The Labute approximate surface area is 215 Å². The van der Waals surface area contributed by atoms with E-state index in [4.69, 9.17) is 14.8 Å². The molecule has 0 aliphatic carbocycles. The van der Waals surface area contributed by atoms with E-state index in [2.05, 4.69) is 5.32 Å². The first-order chi connectivity index (χ1) is 17.5. The van der Waals surface area contributed by atoms with Crippen molar-refractivity contribution >= 4 is 45.0 Å². The van der Waals surface area contributed by atoms with Crippen molar-refractivity contribution in [2.75, 3.05) is 11.1 Å². The van der Waals surface area contributed by atoms with Crippen LogP contribution in [0, 0.1) is 12.7 Å². The maximum atomic E-state index is 13.1. The van der Waals surface area contributed by atoms with Crippen molar-refractivity contribution in [3.05, 3.63) is 101 Å². The van der Waals surface area contributed by atoms with E-state index >= 15 is 0 Å². The van der Waals surface area contributed by atoms with Crippen LogP contribution in [-0.2, 0) is 11.4 Å². The van der Waals surface area contributed by atoms with Crippen LogP contribution in [0.1, 0.15) is 27.6 Å². The molecule has 6 nitrogen and oxygen atoms in total. The highest BCUT2D eigenvalue weighted by molar-refractivity contribution is 8.00. The van der Waals surface area contributed by atoms with E-state index < -0.39 is 0 Å². The first kappa shape index (κ1) is 22.8. The van der Waals surface area contributed by atoms with Crippen LogP contribution in [0.5, 0.6) is 5.75 Å². The second-order valence-corrected chi connectivity index (χ2v) is 10.5. The zero-order valence-electron chi connectivity index (χ0n) is 19.3. The number of carbonyl (C=O) groups is 1. The molecule has 1 N–H and O–H groups in total. The third-order valence-corrected chi connectivity index (χ3v) is 8.26. The van der Waals surface area contributed by atoms with Gasteiger partial charge in [-0.1, -0.05) is 47.7 Å². The van der Waals surface area contributed by atoms with Crippen molar-refractivity contribution in [2.24, 2.45) is 0 Å². The molecule has 0 saturated heterocycles. The zero-order chi connectivity index (χ0) is 24.6. The Hall–Kier alpha value is -3.69. The van der Waals surface area contributed by atoms with Gasteiger partial charge >= 0.3 is 0 Å². The number of para-hydroxylation sites is 1. The summed E-state index contributed by atoms with van der Waals surface area (Å²) in [6.07, 6.45) is 0. The van der Waals surface area contributed by atoms with Gasteiger partial charge in [0.25, 0.3) is 0 Å². The van der Waals surface area contributed by atoms with Gasteiger partial charge in [0.05, 0.1) is 26.9 Å². The van der Waals surface area contributed by atoms with Gasteiger partial charge in [0.15, 0.2) is 0 Å². The Morgan fingerprint density at radius 1 is 1.08 bits per heavy atom. The molecule has 0 saturated carbocycles. The number of hydrogen-bond donors (Lipinski definition) is 1. The van der Waals surface area contributed by atoms with Crippen molar-refractivity contribution in [3.63, 3.8) is 0 Å². The van der Waals surface area contributed by atoms with Gasteiger partial charge in [-0.3, -0.25) is 4.79 Å². The predicted molar refractivity (Wildman–Crippen MR) is 142 cm³/mol. The lowest BCUT2D eigenvalue weighted by Gasteiger charge is -2.16. The van der Waals surface area contributed by atoms with Gasteiger partial charge in [0.2, 0.25) is 11.0 Å². The number of amides is 1. The molecule has 1 unspecified atom stereocenters. The van der Waals surface area contributed by atoms with Gasteiger partial charge < -0.3 is 10.1 Å². The molecule has 0 spiro atoms. The molecular weight excluding hydrogens is 495 g/mol. The molecule has 9 heteroatoms. The average Bonchev–Trinajstić information content (AvgIpc) is 3.40. The van der Waals surface area contributed by atoms with E-state index in [0.717, 1.165) is 43.5 Å². The van der Waals surface area contributed by atoms with E-state index in [1.54, 1.807) is 39.9 Å². The molecule has 1 aliphatic rings. The summed E-state index contributed by atoms with van der Waals surface area (Å²) in [6, 6.07) is 22.1. The normalized spacial score (nSPS) is 15.4. The Balaban J connectivity index is 1.31. The van der Waals surface area contributed by atoms with Crippen LogP contribution < -0.4 is 10.1 Å². The largest absolute Gasteiger partial charge is 0.489 e. The lowest BCUT2D eigenvalue weighted by molar-refractivity contribution is -0.113. The molecule has 3 heterocycles. The molecule has 180 valence electrons. The number of rotatable bonds is 5. The summed E-state index contributed by atoms with van der Waals surface area (Å²) in [7, 11) is 0. The van der Waals surface area contributed by atoms with Crippen LogP contribution in [-0.4, -0.2) is 26.4 Å². The number of fused-ring (bicyclic) bond motifs is 2. The topological polar surface area (TPSA) is 69.0 Å². The second kappa shape index (κ2) is 9.40. The maximum Gasteiger partial charge on any atom is 0.235 e. The molecule has 1 aliphatic heterocycles. The summed E-state index contributed by atoms with van der Waals surface area (Å²) in [5, 5.41) is 8.49. The molecule has 1 atom stereocenters. The number of halogens is 1. The summed E-state index contributed by atoms with van der Waals surface area (Å²) in [5.74, 6) is 1.39. The molecule has 5 aromatic rings. The van der Waals surface area contributed by atoms with Crippen molar-refractivity contribution in [1.29, 1.82) is 0 Å². The van der Waals surface area contributed by atoms with Gasteiger partial charge in [-0.25, -0.2) is 9.37 Å². The number of aromatic nitrogens is 3. The van der Waals surface area contributed by atoms with Crippen molar-refractivity contribution in [3.8, 4) is 10.9 Å². The van der Waals surface area contributed by atoms with Gasteiger partial charge in [-0.05, 0) is 54.4 Å². The molecule has 2 aromatic heterocycles. The van der Waals surface area contributed by atoms with Crippen LogP contribution in [0.15, 0.2) is 72.8 Å². The quantitative estimate of drug-likeness (QED) is 0.298. The molecule has 6 rings (SSSR count). The number of benzene rings is 3. The SMILES string of the molecule is Cc1nn(-c2nc3ccccc3s2)c2c1C(c1ccc(OCc3ccc(F)cc3)cc1)SCC(=O)N2. The highest BCUT2D eigenvalue weighted by Gasteiger charge is 2.31. The first-order valence-electron chi connectivity index (χ1n) is 11.4. The van der Waals surface area contributed by atoms with E-state index in [1.165, 1.54) is 12.1 Å². The minimum Gasteiger partial charge on any atom is -0.489 e. The molecule has 0 bridgehead atoms. The fourth-order valence-corrected chi connectivity index (χ4v) is 6.33. The lowest BCUT2D eigenvalue weighted by atomic mass is 10.0. The van der Waals surface area contributed by atoms with E-state index in [1.807, 2.05) is 55.5 Å². The molecule has 3 aromatic carbocycles. The van der Waals surface area contributed by atoms with Crippen molar-refractivity contribution < 1.29 is 13.9 Å². The van der Waals surface area contributed by atoms with Crippen LogP contribution in [0.4, 0.5) is 10.2 Å². The summed E-state index contributed by atoms with van der Waals surface area (Å²) in [6.45, 7) is 2.32. The molecular formula is C27H21FN4O2S2. The minimum atomic E-state index is -0.266.